The zero-order valence-electron chi connectivity index (χ0n) is 14.9. The Bertz CT molecular complexity index is 1000. The first kappa shape index (κ1) is 19.1. The minimum absolute atomic E-state index is 0.194. The molecule has 8 nitrogen and oxygen atoms in total. The molecule has 0 atom stereocenters. The second-order valence-electron chi connectivity index (χ2n) is 6.41. The standard InChI is InChI=1S/C18H21N3O5S/c1-12(22)19-14-9-10-15-18-13(14)6-5-7-16(18)27(25,26)21(15)11-4-2-3-8-17(23)20-24/h5-7,9-10,24H,2-4,8,11H2,1H3,(H,19,22)(H,20,23). The molecular formula is C18H21N3O5S. The van der Waals surface area contributed by atoms with Crippen LogP contribution in [0.2, 0.25) is 0 Å². The number of hydroxylamine groups is 1. The fourth-order valence-electron chi connectivity index (χ4n) is 3.34. The van der Waals surface area contributed by atoms with Crippen molar-refractivity contribution in [3.05, 3.63) is 30.3 Å². The summed E-state index contributed by atoms with van der Waals surface area (Å²) in [6.07, 6.45) is 1.99. The minimum Gasteiger partial charge on any atom is -0.326 e. The Morgan fingerprint density at radius 1 is 1.11 bits per heavy atom. The van der Waals surface area contributed by atoms with Crippen molar-refractivity contribution in [2.24, 2.45) is 0 Å². The molecule has 27 heavy (non-hydrogen) atoms. The second-order valence-corrected chi connectivity index (χ2v) is 8.25. The van der Waals surface area contributed by atoms with E-state index in [0.717, 1.165) is 0 Å². The first-order chi connectivity index (χ1) is 12.9. The molecule has 0 aromatic heterocycles. The van der Waals surface area contributed by atoms with Crippen LogP contribution in [0.5, 0.6) is 0 Å². The topological polar surface area (TPSA) is 116 Å². The van der Waals surface area contributed by atoms with Crippen LogP contribution in [0, 0.1) is 0 Å². The van der Waals surface area contributed by atoms with Gasteiger partial charge in [-0.15, -0.1) is 0 Å². The van der Waals surface area contributed by atoms with E-state index in [-0.39, 0.29) is 17.2 Å². The minimum atomic E-state index is -3.65. The predicted molar refractivity (Wildman–Crippen MR) is 101 cm³/mol. The number of carbonyl (C=O) groups excluding carboxylic acids is 2. The molecule has 0 aliphatic carbocycles. The van der Waals surface area contributed by atoms with Gasteiger partial charge in [-0.25, -0.2) is 13.9 Å². The normalized spacial score (nSPS) is 14.4. The molecule has 0 saturated carbocycles. The summed E-state index contributed by atoms with van der Waals surface area (Å²) in [4.78, 5) is 22.7. The van der Waals surface area contributed by atoms with Gasteiger partial charge in [-0.05, 0) is 31.0 Å². The molecule has 1 aliphatic rings. The van der Waals surface area contributed by atoms with Gasteiger partial charge >= 0.3 is 0 Å². The van der Waals surface area contributed by atoms with Crippen molar-refractivity contribution in [3.63, 3.8) is 0 Å². The van der Waals surface area contributed by atoms with Crippen molar-refractivity contribution < 1.29 is 23.2 Å². The highest BCUT2D eigenvalue weighted by Crippen LogP contribution is 2.44. The Balaban J connectivity index is 1.85. The number of sulfonamides is 1. The summed E-state index contributed by atoms with van der Waals surface area (Å²) in [6, 6.07) is 8.45. The van der Waals surface area contributed by atoms with E-state index in [1.165, 1.54) is 11.2 Å². The second kappa shape index (κ2) is 7.53. The fraction of sp³-hybridized carbons (Fsp3) is 0.333. The maximum Gasteiger partial charge on any atom is 0.265 e. The molecule has 3 rings (SSSR count). The van der Waals surface area contributed by atoms with E-state index in [9.17, 15) is 18.0 Å². The highest BCUT2D eigenvalue weighted by Gasteiger charge is 2.35. The molecular weight excluding hydrogens is 370 g/mol. The number of nitrogens with one attached hydrogen (secondary N) is 2. The fourth-order valence-corrected chi connectivity index (χ4v) is 5.08. The number of hydrogen-bond donors (Lipinski definition) is 3. The van der Waals surface area contributed by atoms with Crippen molar-refractivity contribution in [2.45, 2.75) is 37.5 Å². The third-order valence-corrected chi connectivity index (χ3v) is 6.37. The van der Waals surface area contributed by atoms with Gasteiger partial charge < -0.3 is 5.32 Å². The molecule has 2 amide bonds. The number of unbranched alkanes of at least 4 members (excludes halogenated alkanes) is 2. The van der Waals surface area contributed by atoms with Gasteiger partial charge in [0.25, 0.3) is 10.0 Å². The molecule has 2 aromatic carbocycles. The van der Waals surface area contributed by atoms with Crippen LogP contribution >= 0.6 is 0 Å². The average Bonchev–Trinajstić information content (AvgIpc) is 2.85. The molecule has 0 unspecified atom stereocenters. The molecule has 3 N–H and O–H groups in total. The maximum absolute atomic E-state index is 13.0. The summed E-state index contributed by atoms with van der Waals surface area (Å²) in [7, 11) is -3.65. The lowest BCUT2D eigenvalue weighted by molar-refractivity contribution is -0.129. The zero-order chi connectivity index (χ0) is 19.6. The largest absolute Gasteiger partial charge is 0.326 e. The summed E-state index contributed by atoms with van der Waals surface area (Å²) in [6.45, 7) is 1.70. The molecule has 1 aliphatic heterocycles. The third-order valence-electron chi connectivity index (χ3n) is 4.52. The Labute approximate surface area is 157 Å². The molecule has 2 aromatic rings. The van der Waals surface area contributed by atoms with E-state index in [4.69, 9.17) is 5.21 Å². The molecule has 0 fully saturated rings. The first-order valence-electron chi connectivity index (χ1n) is 8.65. The molecule has 0 radical (unpaired) electrons. The molecule has 0 saturated heterocycles. The lowest BCUT2D eigenvalue weighted by Crippen LogP contribution is -2.28. The summed E-state index contributed by atoms with van der Waals surface area (Å²) < 4.78 is 27.3. The number of carbonyl (C=O) groups is 2. The summed E-state index contributed by atoms with van der Waals surface area (Å²) in [5.41, 5.74) is 2.76. The van der Waals surface area contributed by atoms with Crippen molar-refractivity contribution in [1.29, 1.82) is 0 Å². The van der Waals surface area contributed by atoms with Gasteiger partial charge in [-0.1, -0.05) is 18.6 Å². The van der Waals surface area contributed by atoms with Crippen molar-refractivity contribution >= 4 is 44.0 Å². The summed E-state index contributed by atoms with van der Waals surface area (Å²) in [5.74, 6) is -0.674. The predicted octanol–water partition coefficient (Wildman–Crippen LogP) is 2.37. The van der Waals surface area contributed by atoms with Gasteiger partial charge in [-0.2, -0.15) is 0 Å². The monoisotopic (exact) mass is 391 g/mol. The number of anilines is 2. The van der Waals surface area contributed by atoms with Crippen LogP contribution in [-0.4, -0.2) is 32.0 Å². The quantitative estimate of drug-likeness (QED) is 0.381. The van der Waals surface area contributed by atoms with Crippen molar-refractivity contribution in [2.75, 3.05) is 16.2 Å². The van der Waals surface area contributed by atoms with E-state index in [2.05, 4.69) is 5.32 Å². The summed E-state index contributed by atoms with van der Waals surface area (Å²) in [5, 5.41) is 12.5. The van der Waals surface area contributed by atoms with Gasteiger partial charge in [0.15, 0.2) is 0 Å². The van der Waals surface area contributed by atoms with Crippen molar-refractivity contribution in [1.82, 2.24) is 5.48 Å². The van der Waals surface area contributed by atoms with Crippen LogP contribution in [0.15, 0.2) is 35.2 Å². The number of rotatable bonds is 7. The van der Waals surface area contributed by atoms with E-state index in [1.54, 1.807) is 35.8 Å². The van der Waals surface area contributed by atoms with Gasteiger partial charge in [-0.3, -0.25) is 19.1 Å². The highest BCUT2D eigenvalue weighted by molar-refractivity contribution is 7.93. The number of amides is 2. The van der Waals surface area contributed by atoms with E-state index in [1.807, 2.05) is 0 Å². The molecule has 0 spiro atoms. The number of nitrogens with zero attached hydrogens (tertiary/aromatic N) is 1. The Morgan fingerprint density at radius 2 is 1.89 bits per heavy atom. The van der Waals surface area contributed by atoms with E-state index >= 15 is 0 Å². The van der Waals surface area contributed by atoms with Gasteiger partial charge in [0.05, 0.1) is 10.6 Å². The van der Waals surface area contributed by atoms with Gasteiger partial charge in [0.2, 0.25) is 11.8 Å². The third kappa shape index (κ3) is 3.60. The lowest BCUT2D eigenvalue weighted by atomic mass is 10.1. The Hall–Kier alpha value is -2.65. The van der Waals surface area contributed by atoms with Crippen LogP contribution in [0.1, 0.15) is 32.6 Å². The van der Waals surface area contributed by atoms with Crippen LogP contribution in [0.25, 0.3) is 10.8 Å². The van der Waals surface area contributed by atoms with Crippen LogP contribution in [-0.2, 0) is 19.6 Å². The maximum atomic E-state index is 13.0. The molecule has 9 heteroatoms. The highest BCUT2D eigenvalue weighted by atomic mass is 32.2. The van der Waals surface area contributed by atoms with Crippen LogP contribution in [0.3, 0.4) is 0 Å². The van der Waals surface area contributed by atoms with Crippen molar-refractivity contribution in [3.8, 4) is 0 Å². The number of hydrogen-bond acceptors (Lipinski definition) is 5. The molecule has 0 bridgehead atoms. The first-order valence-corrected chi connectivity index (χ1v) is 10.1. The smallest absolute Gasteiger partial charge is 0.265 e. The van der Waals surface area contributed by atoms with Gasteiger partial charge in [0.1, 0.15) is 0 Å². The molecule has 1 heterocycles. The molecule has 144 valence electrons. The number of benzene rings is 2. The average molecular weight is 391 g/mol. The van der Waals surface area contributed by atoms with Gasteiger partial charge in [0, 0.05) is 36.3 Å². The van der Waals surface area contributed by atoms with E-state index < -0.39 is 15.9 Å². The lowest BCUT2D eigenvalue weighted by Gasteiger charge is -2.19. The SMILES string of the molecule is CC(=O)Nc1ccc2c3c(cccc13)S(=O)(=O)N2CCCCCC(=O)NO. The summed E-state index contributed by atoms with van der Waals surface area (Å²) >= 11 is 0. The van der Waals surface area contributed by atoms with Crippen LogP contribution in [0.4, 0.5) is 11.4 Å². The Morgan fingerprint density at radius 3 is 2.59 bits per heavy atom. The zero-order valence-corrected chi connectivity index (χ0v) is 15.7. The van der Waals surface area contributed by atoms with E-state index in [0.29, 0.717) is 48.0 Å². The van der Waals surface area contributed by atoms with Crippen LogP contribution < -0.4 is 15.1 Å². The Kier molecular flexibility index (Phi) is 5.33.